The summed E-state index contributed by atoms with van der Waals surface area (Å²) in [4.78, 5) is 25.1. The average Bonchev–Trinajstić information content (AvgIpc) is 2.72. The zero-order valence-electron chi connectivity index (χ0n) is 17.9. The number of nitrogens with two attached hydrogens (primary N) is 1. The van der Waals surface area contributed by atoms with Gasteiger partial charge < -0.3 is 11.1 Å². The van der Waals surface area contributed by atoms with Gasteiger partial charge in [0.05, 0.1) is 17.3 Å². The maximum absolute atomic E-state index is 13.2. The van der Waals surface area contributed by atoms with Crippen LogP contribution >= 0.6 is 11.6 Å². The average molecular weight is 481 g/mol. The van der Waals surface area contributed by atoms with Gasteiger partial charge >= 0.3 is 10.2 Å². The largest absolute Gasteiger partial charge is 0.369 e. The zero-order valence-corrected chi connectivity index (χ0v) is 19.4. The van der Waals surface area contributed by atoms with Crippen molar-refractivity contribution in [1.29, 1.82) is 0 Å². The van der Waals surface area contributed by atoms with Crippen LogP contribution in [0.15, 0.2) is 24.3 Å². The van der Waals surface area contributed by atoms with Gasteiger partial charge in [-0.2, -0.15) is 12.7 Å². The summed E-state index contributed by atoms with van der Waals surface area (Å²) in [6.07, 6.45) is 4.93. The van der Waals surface area contributed by atoms with Crippen LogP contribution in [0.4, 0.5) is 5.69 Å². The van der Waals surface area contributed by atoms with Gasteiger partial charge in [0.2, 0.25) is 11.8 Å². The molecule has 1 saturated heterocycles. The minimum absolute atomic E-state index is 0.0151. The van der Waals surface area contributed by atoms with E-state index in [1.54, 1.807) is 24.3 Å². The van der Waals surface area contributed by atoms with Crippen molar-refractivity contribution in [2.45, 2.75) is 44.6 Å². The molecule has 174 valence electrons. The van der Waals surface area contributed by atoms with Crippen LogP contribution in [-0.2, 0) is 19.8 Å². The van der Waals surface area contributed by atoms with E-state index in [9.17, 15) is 18.0 Å². The first kappa shape index (κ1) is 22.0. The number of hydrogen-bond donors (Lipinski definition) is 2. The standard InChI is InChI=1S/C22H29ClN4O4S/c23-17-4-1-2-5-18(17)27-7-3-6-26(32(27,30)31)13-19(28)25-20-15-8-14-9-16(20)12-22(10-14,11-15)21(24)29/h1-2,4-5,14-16,20H,3,6-13H2,(H2,24,29)(H,25,28). The number of carbonyl (C=O) groups is 2. The first-order chi connectivity index (χ1) is 15.2. The smallest absolute Gasteiger partial charge is 0.304 e. The topological polar surface area (TPSA) is 113 Å². The molecule has 1 aromatic rings. The minimum Gasteiger partial charge on any atom is -0.369 e. The Morgan fingerprint density at radius 1 is 1.12 bits per heavy atom. The Morgan fingerprint density at radius 3 is 2.47 bits per heavy atom. The van der Waals surface area contributed by atoms with Gasteiger partial charge in [-0.05, 0) is 68.4 Å². The lowest BCUT2D eigenvalue weighted by Crippen LogP contribution is -2.63. The molecular formula is C22H29ClN4O4S. The molecule has 32 heavy (non-hydrogen) atoms. The second-order valence-electron chi connectivity index (χ2n) is 9.93. The molecule has 6 rings (SSSR count). The molecule has 4 saturated carbocycles. The first-order valence-electron chi connectivity index (χ1n) is 11.3. The van der Waals surface area contributed by atoms with E-state index in [2.05, 4.69) is 5.32 Å². The molecule has 1 aliphatic heterocycles. The molecule has 1 aromatic carbocycles. The molecule has 1 heterocycles. The number of primary amides is 1. The third kappa shape index (κ3) is 3.58. The van der Waals surface area contributed by atoms with Crippen LogP contribution in [0.2, 0.25) is 5.02 Å². The van der Waals surface area contributed by atoms with Gasteiger partial charge in [-0.25, -0.2) is 0 Å². The summed E-state index contributed by atoms with van der Waals surface area (Å²) in [5.74, 6) is 0.464. The normalized spacial score (nSPS) is 35.6. The van der Waals surface area contributed by atoms with Gasteiger partial charge in [0.1, 0.15) is 0 Å². The second-order valence-corrected chi connectivity index (χ2v) is 12.2. The lowest BCUT2D eigenvalue weighted by Gasteiger charge is -2.58. The van der Waals surface area contributed by atoms with Crippen LogP contribution in [0.1, 0.15) is 38.5 Å². The maximum atomic E-state index is 13.2. The summed E-state index contributed by atoms with van der Waals surface area (Å²) in [5.41, 5.74) is 5.76. The summed E-state index contributed by atoms with van der Waals surface area (Å²) in [6, 6.07) is 6.81. The van der Waals surface area contributed by atoms with Crippen LogP contribution in [0, 0.1) is 23.2 Å². The van der Waals surface area contributed by atoms with E-state index < -0.39 is 15.6 Å². The lowest BCUT2D eigenvalue weighted by atomic mass is 9.47. The molecule has 5 fully saturated rings. The Morgan fingerprint density at radius 2 is 1.81 bits per heavy atom. The molecule has 3 N–H and O–H groups in total. The summed E-state index contributed by atoms with van der Waals surface area (Å²) >= 11 is 6.23. The van der Waals surface area contributed by atoms with Crippen molar-refractivity contribution < 1.29 is 18.0 Å². The summed E-state index contributed by atoms with van der Waals surface area (Å²) in [5, 5.41) is 3.49. The molecule has 4 bridgehead atoms. The highest BCUT2D eigenvalue weighted by Crippen LogP contribution is 2.59. The predicted molar refractivity (Wildman–Crippen MR) is 121 cm³/mol. The van der Waals surface area contributed by atoms with E-state index in [1.165, 1.54) is 8.61 Å². The maximum Gasteiger partial charge on any atom is 0.304 e. The van der Waals surface area contributed by atoms with Crippen molar-refractivity contribution >= 4 is 39.3 Å². The van der Waals surface area contributed by atoms with Crippen molar-refractivity contribution in [3.63, 3.8) is 0 Å². The fraction of sp³-hybridized carbons (Fsp3) is 0.636. The number of benzene rings is 1. The highest BCUT2D eigenvalue weighted by atomic mass is 35.5. The number of anilines is 1. The fourth-order valence-corrected chi connectivity index (χ4v) is 8.75. The van der Waals surface area contributed by atoms with Crippen LogP contribution < -0.4 is 15.4 Å². The van der Waals surface area contributed by atoms with Gasteiger partial charge in [-0.1, -0.05) is 23.7 Å². The van der Waals surface area contributed by atoms with E-state index in [1.807, 2.05) is 0 Å². The van der Waals surface area contributed by atoms with Crippen molar-refractivity contribution in [3.05, 3.63) is 29.3 Å². The fourth-order valence-electron chi connectivity index (χ4n) is 6.77. The number of nitrogens with one attached hydrogen (secondary N) is 1. The molecule has 0 spiro atoms. The molecule has 2 atom stereocenters. The number of nitrogens with zero attached hydrogens (tertiary/aromatic N) is 2. The SMILES string of the molecule is NC(=O)C12CC3CC(C1)C(NC(=O)CN1CCCN(c4ccccc4Cl)S1(=O)=O)C(C3)C2. The van der Waals surface area contributed by atoms with Crippen molar-refractivity contribution in [1.82, 2.24) is 9.62 Å². The number of amides is 2. The Kier molecular flexibility index (Phi) is 5.41. The Balaban J connectivity index is 1.28. The summed E-state index contributed by atoms with van der Waals surface area (Å²) in [6.45, 7) is 0.401. The molecule has 10 heteroatoms. The molecule has 4 aliphatic carbocycles. The van der Waals surface area contributed by atoms with Gasteiger partial charge in [0.25, 0.3) is 0 Å². The predicted octanol–water partition coefficient (Wildman–Crippen LogP) is 1.89. The van der Waals surface area contributed by atoms with Gasteiger partial charge in [-0.3, -0.25) is 13.9 Å². The molecule has 0 aromatic heterocycles. The summed E-state index contributed by atoms with van der Waals surface area (Å²) < 4.78 is 28.9. The van der Waals surface area contributed by atoms with Gasteiger partial charge in [0.15, 0.2) is 0 Å². The van der Waals surface area contributed by atoms with E-state index >= 15 is 0 Å². The third-order valence-corrected chi connectivity index (χ3v) is 10.2. The molecule has 2 amide bonds. The van der Waals surface area contributed by atoms with Crippen molar-refractivity contribution in [3.8, 4) is 0 Å². The van der Waals surface area contributed by atoms with Crippen molar-refractivity contribution in [2.24, 2.45) is 28.9 Å². The molecule has 8 nitrogen and oxygen atoms in total. The highest BCUT2D eigenvalue weighted by Gasteiger charge is 2.58. The number of rotatable bonds is 5. The Labute approximate surface area is 193 Å². The molecular weight excluding hydrogens is 452 g/mol. The second kappa shape index (κ2) is 7.88. The van der Waals surface area contributed by atoms with Crippen molar-refractivity contribution in [2.75, 3.05) is 23.9 Å². The van der Waals surface area contributed by atoms with Gasteiger partial charge in [0, 0.05) is 24.5 Å². The number of hydrogen-bond acceptors (Lipinski definition) is 4. The minimum atomic E-state index is -3.86. The van der Waals surface area contributed by atoms with E-state index in [0.29, 0.717) is 36.1 Å². The zero-order chi connectivity index (χ0) is 22.7. The van der Waals surface area contributed by atoms with E-state index in [-0.39, 0.29) is 36.2 Å². The van der Waals surface area contributed by atoms with E-state index in [0.717, 1.165) is 32.1 Å². The third-order valence-electron chi connectivity index (χ3n) is 7.94. The Hall–Kier alpha value is -1.84. The number of para-hydroxylation sites is 1. The van der Waals surface area contributed by atoms with Crippen LogP contribution in [0.25, 0.3) is 0 Å². The summed E-state index contributed by atoms with van der Waals surface area (Å²) in [7, 11) is -3.86. The van der Waals surface area contributed by atoms with Crippen LogP contribution in [0.3, 0.4) is 0 Å². The van der Waals surface area contributed by atoms with Gasteiger partial charge in [-0.15, -0.1) is 0 Å². The lowest BCUT2D eigenvalue weighted by molar-refractivity contribution is -0.147. The Bertz CT molecular complexity index is 1030. The molecule has 5 aliphatic rings. The molecule has 0 radical (unpaired) electrons. The monoisotopic (exact) mass is 480 g/mol. The van der Waals surface area contributed by atoms with Crippen LogP contribution in [-0.4, -0.2) is 50.2 Å². The first-order valence-corrected chi connectivity index (χ1v) is 13.1. The highest BCUT2D eigenvalue weighted by molar-refractivity contribution is 7.90. The number of halogens is 1. The quantitative estimate of drug-likeness (QED) is 0.670. The van der Waals surface area contributed by atoms with Crippen LogP contribution in [0.5, 0.6) is 0 Å². The van der Waals surface area contributed by atoms with E-state index in [4.69, 9.17) is 17.3 Å². The molecule has 2 unspecified atom stereocenters. The number of carbonyl (C=O) groups excluding carboxylic acids is 2.